The van der Waals surface area contributed by atoms with E-state index >= 15 is 0 Å². The smallest absolute Gasteiger partial charge is 0.399 e. The number of halogens is 3. The zero-order valence-corrected chi connectivity index (χ0v) is 16.3. The average molecular weight is 438 g/mol. The van der Waals surface area contributed by atoms with E-state index in [1.165, 1.54) is 6.07 Å². The number of primary amides is 1. The third-order valence-corrected chi connectivity index (χ3v) is 5.65. The Morgan fingerprint density at radius 3 is 2.60 bits per heavy atom. The van der Waals surface area contributed by atoms with Crippen LogP contribution in [0, 0.1) is 0 Å². The molecule has 11 heteroatoms. The average Bonchev–Trinajstić information content (AvgIpc) is 3.09. The van der Waals surface area contributed by atoms with Crippen LogP contribution in [0.5, 0.6) is 5.06 Å². The highest BCUT2D eigenvalue weighted by atomic mass is 32.1. The molecule has 30 heavy (non-hydrogen) atoms. The molecule has 0 bridgehead atoms. The van der Waals surface area contributed by atoms with Crippen LogP contribution in [0.4, 0.5) is 29.3 Å². The number of alkyl halides is 3. The number of nitrogens with two attached hydrogens (primary N) is 2. The van der Waals surface area contributed by atoms with E-state index in [-0.39, 0.29) is 10.8 Å². The number of amides is 1. The maximum Gasteiger partial charge on any atom is 0.418 e. The summed E-state index contributed by atoms with van der Waals surface area (Å²) in [6.07, 6.45) is -4.00. The Hall–Kier alpha value is -3.05. The summed E-state index contributed by atoms with van der Waals surface area (Å²) in [6, 6.07) is 5.68. The van der Waals surface area contributed by atoms with Crippen molar-refractivity contribution >= 4 is 39.0 Å². The zero-order chi connectivity index (χ0) is 21.5. The minimum absolute atomic E-state index is 0.241. The molecule has 1 saturated heterocycles. The normalized spacial score (nSPS) is 14.8. The number of ether oxygens (including phenoxy) is 2. The van der Waals surface area contributed by atoms with Gasteiger partial charge in [-0.15, -0.1) is 0 Å². The van der Waals surface area contributed by atoms with Gasteiger partial charge in [-0.3, -0.25) is 0 Å². The molecule has 158 valence electrons. The van der Waals surface area contributed by atoms with Crippen molar-refractivity contribution in [1.29, 1.82) is 0 Å². The van der Waals surface area contributed by atoms with Gasteiger partial charge in [0, 0.05) is 47.7 Å². The number of anilines is 2. The van der Waals surface area contributed by atoms with Crippen LogP contribution >= 0.6 is 11.3 Å². The highest BCUT2D eigenvalue weighted by molar-refractivity contribution is 7.20. The number of nitrogen functional groups attached to an aromatic ring is 1. The van der Waals surface area contributed by atoms with Gasteiger partial charge in [0.05, 0.1) is 18.8 Å². The molecule has 7 nitrogen and oxygen atoms in total. The fourth-order valence-electron chi connectivity index (χ4n) is 3.43. The molecule has 0 radical (unpaired) electrons. The Kier molecular flexibility index (Phi) is 5.16. The first-order chi connectivity index (χ1) is 14.2. The molecule has 3 heterocycles. The number of carbonyl (C=O) groups is 1. The third-order valence-electron chi connectivity index (χ3n) is 4.73. The second-order valence-electron chi connectivity index (χ2n) is 6.62. The van der Waals surface area contributed by atoms with Crippen molar-refractivity contribution in [1.82, 2.24) is 4.98 Å². The number of fused-ring (bicyclic) bond motifs is 1. The van der Waals surface area contributed by atoms with E-state index in [2.05, 4.69) is 4.98 Å². The van der Waals surface area contributed by atoms with Gasteiger partial charge in [-0.2, -0.15) is 13.2 Å². The molecule has 0 unspecified atom stereocenters. The fraction of sp³-hybridized carbons (Fsp3) is 0.263. The topological polar surface area (TPSA) is 104 Å². The van der Waals surface area contributed by atoms with Crippen LogP contribution in [-0.2, 0) is 10.9 Å². The summed E-state index contributed by atoms with van der Waals surface area (Å²) in [4.78, 5) is 17.7. The van der Waals surface area contributed by atoms with Crippen LogP contribution in [0.2, 0.25) is 0 Å². The maximum atomic E-state index is 13.5. The van der Waals surface area contributed by atoms with Gasteiger partial charge >= 0.3 is 12.3 Å². The first kappa shape index (κ1) is 20.2. The number of rotatable bonds is 3. The van der Waals surface area contributed by atoms with E-state index in [1.54, 1.807) is 18.3 Å². The van der Waals surface area contributed by atoms with E-state index in [4.69, 9.17) is 20.9 Å². The number of pyridine rings is 1. The molecular weight excluding hydrogens is 421 g/mol. The Labute approximate surface area is 173 Å². The Balaban J connectivity index is 1.92. The second-order valence-corrected chi connectivity index (χ2v) is 7.61. The van der Waals surface area contributed by atoms with Crippen LogP contribution in [0.3, 0.4) is 0 Å². The van der Waals surface area contributed by atoms with Gasteiger partial charge < -0.3 is 25.8 Å². The lowest BCUT2D eigenvalue weighted by atomic mass is 9.97. The summed E-state index contributed by atoms with van der Waals surface area (Å²) in [6.45, 7) is 1.71. The van der Waals surface area contributed by atoms with Gasteiger partial charge in [0.2, 0.25) is 0 Å². The van der Waals surface area contributed by atoms with Gasteiger partial charge in [0.25, 0.3) is 0 Å². The lowest BCUT2D eigenvalue weighted by molar-refractivity contribution is -0.136. The summed E-state index contributed by atoms with van der Waals surface area (Å²) >= 11 is 1.11. The minimum Gasteiger partial charge on any atom is -0.399 e. The summed E-state index contributed by atoms with van der Waals surface area (Å²) in [5.41, 5.74) is 11.2. The quantitative estimate of drug-likeness (QED) is 0.602. The molecule has 0 saturated carbocycles. The largest absolute Gasteiger partial charge is 0.418 e. The lowest BCUT2D eigenvalue weighted by Gasteiger charge is -2.31. The molecule has 1 aromatic carbocycles. The molecule has 1 fully saturated rings. The van der Waals surface area contributed by atoms with E-state index in [1.807, 2.05) is 4.90 Å². The molecular formula is C19H17F3N4O3S. The van der Waals surface area contributed by atoms with E-state index < -0.39 is 17.8 Å². The number of morpholine rings is 1. The first-order valence-electron chi connectivity index (χ1n) is 8.93. The van der Waals surface area contributed by atoms with Crippen LogP contribution in [0.25, 0.3) is 21.3 Å². The van der Waals surface area contributed by atoms with Gasteiger partial charge in [0.15, 0.2) is 5.06 Å². The zero-order valence-electron chi connectivity index (χ0n) is 15.5. The third kappa shape index (κ3) is 3.85. The predicted octanol–water partition coefficient (Wildman–Crippen LogP) is 3.86. The highest BCUT2D eigenvalue weighted by Gasteiger charge is 2.35. The molecule has 1 aliphatic heterocycles. The number of thiophene rings is 1. The monoisotopic (exact) mass is 438 g/mol. The lowest BCUT2D eigenvalue weighted by Crippen LogP contribution is -2.36. The standard InChI is InChI=1S/C19H17F3N4O3S/c20-19(21,22)13-9-15(26-3-5-28-6-4-26)11(7-14(13)23)10-1-2-25-17-12(10)8-16(30-17)29-18(24)27/h1-2,7-9H,3-6,23H2,(H2,24,27). The summed E-state index contributed by atoms with van der Waals surface area (Å²) in [5.74, 6) is 0. The highest BCUT2D eigenvalue weighted by Crippen LogP contribution is 2.44. The number of aromatic nitrogens is 1. The van der Waals surface area contributed by atoms with Crippen molar-refractivity contribution in [3.05, 3.63) is 36.0 Å². The molecule has 1 amide bonds. The van der Waals surface area contributed by atoms with Crippen molar-refractivity contribution in [2.24, 2.45) is 5.73 Å². The molecule has 4 rings (SSSR count). The minimum atomic E-state index is -4.58. The van der Waals surface area contributed by atoms with Crippen LogP contribution in [-0.4, -0.2) is 37.4 Å². The molecule has 2 aromatic heterocycles. The first-order valence-corrected chi connectivity index (χ1v) is 9.75. The van der Waals surface area contributed by atoms with E-state index in [0.29, 0.717) is 53.3 Å². The number of carbonyl (C=O) groups excluding carboxylic acids is 1. The molecule has 0 atom stereocenters. The molecule has 3 aromatic rings. The van der Waals surface area contributed by atoms with Crippen LogP contribution < -0.4 is 21.1 Å². The molecule has 0 spiro atoms. The predicted molar refractivity (Wildman–Crippen MR) is 108 cm³/mol. The Bertz CT molecular complexity index is 1110. The number of nitrogens with zero attached hydrogens (tertiary/aromatic N) is 2. The van der Waals surface area contributed by atoms with Crippen LogP contribution in [0.15, 0.2) is 30.5 Å². The number of hydrogen-bond acceptors (Lipinski definition) is 7. The Morgan fingerprint density at radius 1 is 1.20 bits per heavy atom. The van der Waals surface area contributed by atoms with Crippen molar-refractivity contribution in [2.45, 2.75) is 6.18 Å². The summed E-state index contributed by atoms with van der Waals surface area (Å²) < 4.78 is 50.8. The number of benzene rings is 1. The van der Waals surface area contributed by atoms with Crippen molar-refractivity contribution in [3.8, 4) is 16.2 Å². The van der Waals surface area contributed by atoms with Gasteiger partial charge in [-0.1, -0.05) is 11.3 Å². The summed E-state index contributed by atoms with van der Waals surface area (Å²) in [5, 5.41) is 0.859. The van der Waals surface area contributed by atoms with Gasteiger partial charge in [-0.25, -0.2) is 9.78 Å². The maximum absolute atomic E-state index is 13.5. The van der Waals surface area contributed by atoms with E-state index in [9.17, 15) is 18.0 Å². The fourth-order valence-corrected chi connectivity index (χ4v) is 4.32. The molecule has 1 aliphatic rings. The van der Waals surface area contributed by atoms with E-state index in [0.717, 1.165) is 17.4 Å². The van der Waals surface area contributed by atoms with Crippen molar-refractivity contribution in [2.75, 3.05) is 36.9 Å². The molecule has 4 N–H and O–H groups in total. The number of hydrogen-bond donors (Lipinski definition) is 2. The molecule has 0 aliphatic carbocycles. The van der Waals surface area contributed by atoms with Crippen molar-refractivity contribution in [3.63, 3.8) is 0 Å². The van der Waals surface area contributed by atoms with Gasteiger partial charge in [0.1, 0.15) is 4.83 Å². The second kappa shape index (κ2) is 7.65. The Morgan fingerprint density at radius 2 is 1.93 bits per heavy atom. The van der Waals surface area contributed by atoms with Gasteiger partial charge in [-0.05, 0) is 23.8 Å². The summed E-state index contributed by atoms with van der Waals surface area (Å²) in [7, 11) is 0. The van der Waals surface area contributed by atoms with Crippen LogP contribution in [0.1, 0.15) is 5.56 Å². The SMILES string of the molecule is NC(=O)Oc1cc2c(-c3cc(N)c(C(F)(F)F)cc3N3CCOCC3)ccnc2s1. The van der Waals surface area contributed by atoms with Crippen molar-refractivity contribution < 1.29 is 27.4 Å².